The van der Waals surface area contributed by atoms with Gasteiger partial charge in [0.25, 0.3) is 0 Å². The number of allylic oxidation sites excluding steroid dienone is 2. The molecule has 0 aliphatic rings. The number of ketones is 2. The van der Waals surface area contributed by atoms with Crippen molar-refractivity contribution in [3.63, 3.8) is 0 Å². The topological polar surface area (TPSA) is 54.5 Å². The molecule has 0 aromatic carbocycles. The minimum atomic E-state index is 0.0509. The zero-order valence-electron chi connectivity index (χ0n) is 16.5. The molecule has 0 aliphatic heterocycles. The van der Waals surface area contributed by atoms with Crippen LogP contribution < -0.4 is 0 Å². The molecule has 0 aromatic rings. The highest BCUT2D eigenvalue weighted by molar-refractivity contribution is 8.12. The summed E-state index contributed by atoms with van der Waals surface area (Å²) in [5.41, 5.74) is 1.25. The highest BCUT2D eigenvalue weighted by atomic mass is 32.2. The number of unbranched alkanes of at least 4 members (excludes halogenated alkanes) is 4. The summed E-state index contributed by atoms with van der Waals surface area (Å²) in [6.07, 6.45) is 6.84. The Morgan fingerprint density at radius 3 is 1.38 bits per heavy atom. The van der Waals surface area contributed by atoms with Crippen molar-refractivity contribution < 1.29 is 14.4 Å². The summed E-state index contributed by atoms with van der Waals surface area (Å²) in [4.78, 5) is 34.6. The monoisotopic (exact) mass is 399 g/mol. The Kier molecular flexibility index (Phi) is 14.5. The van der Waals surface area contributed by atoms with E-state index in [0.717, 1.165) is 50.0 Å². The fourth-order valence-corrected chi connectivity index (χ4v) is 4.18. The first-order valence-electron chi connectivity index (χ1n) is 9.19. The summed E-state index contributed by atoms with van der Waals surface area (Å²) in [6.45, 7) is 12.4. The summed E-state index contributed by atoms with van der Waals surface area (Å²) in [7, 11) is 0. The normalized spacial score (nSPS) is 10.4. The van der Waals surface area contributed by atoms with Crippen molar-refractivity contribution in [3.8, 4) is 0 Å². The molecule has 0 spiro atoms. The van der Waals surface area contributed by atoms with Gasteiger partial charge in [-0.15, -0.1) is 0 Å². The Balaban J connectivity index is 3.76. The molecule has 0 saturated heterocycles. The number of hydrogen-bond donors (Lipinski definition) is 0. The summed E-state index contributed by atoms with van der Waals surface area (Å²) in [6, 6.07) is 0. The highest BCUT2D eigenvalue weighted by Gasteiger charge is 2.10. The van der Waals surface area contributed by atoms with Gasteiger partial charge in [0.2, 0.25) is 5.91 Å². The predicted molar refractivity (Wildman–Crippen MR) is 114 cm³/mol. The fourth-order valence-electron chi connectivity index (χ4n) is 2.07. The SMILES string of the molecule is C=C(C)C(=O)CCCCCSN(SCCCCCC(=O)C(=C)C)C(C)=O. The summed E-state index contributed by atoms with van der Waals surface area (Å²) >= 11 is 3.09. The molecule has 0 fully saturated rings. The van der Waals surface area contributed by atoms with Crippen molar-refractivity contribution in [2.45, 2.75) is 72.1 Å². The van der Waals surface area contributed by atoms with Crippen LogP contribution in [0.1, 0.15) is 72.1 Å². The van der Waals surface area contributed by atoms with Gasteiger partial charge in [-0.2, -0.15) is 0 Å². The van der Waals surface area contributed by atoms with Crippen molar-refractivity contribution in [1.82, 2.24) is 3.71 Å². The smallest absolute Gasteiger partial charge is 0.239 e. The molecule has 0 rings (SSSR count). The van der Waals surface area contributed by atoms with E-state index in [2.05, 4.69) is 13.2 Å². The lowest BCUT2D eigenvalue weighted by atomic mass is 10.1. The molecule has 0 unspecified atom stereocenters. The molecular weight excluding hydrogens is 366 g/mol. The van der Waals surface area contributed by atoms with E-state index in [0.29, 0.717) is 24.0 Å². The maximum absolute atomic E-state index is 11.7. The number of Topliss-reactive ketones (excluding diaryl/α,β-unsaturated/α-hetero) is 2. The maximum atomic E-state index is 11.7. The van der Waals surface area contributed by atoms with Gasteiger partial charge in [0.05, 0.1) is 0 Å². The zero-order valence-corrected chi connectivity index (χ0v) is 18.1. The Morgan fingerprint density at radius 1 is 0.692 bits per heavy atom. The molecule has 6 heteroatoms. The molecule has 26 heavy (non-hydrogen) atoms. The first-order valence-corrected chi connectivity index (χ1v) is 11.1. The van der Waals surface area contributed by atoms with Crippen molar-refractivity contribution in [3.05, 3.63) is 24.3 Å². The van der Waals surface area contributed by atoms with Gasteiger partial charge < -0.3 is 0 Å². The minimum Gasteiger partial charge on any atom is -0.295 e. The number of rotatable bonds is 16. The Bertz CT molecular complexity index is 465. The predicted octanol–water partition coefficient (Wildman–Crippen LogP) is 5.54. The van der Waals surface area contributed by atoms with Crippen LogP contribution in [0.5, 0.6) is 0 Å². The Labute approximate surface area is 167 Å². The lowest BCUT2D eigenvalue weighted by molar-refractivity contribution is -0.120. The second-order valence-corrected chi connectivity index (χ2v) is 8.77. The van der Waals surface area contributed by atoms with Gasteiger partial charge in [0.15, 0.2) is 11.6 Å². The third kappa shape index (κ3) is 13.2. The average molecular weight is 400 g/mol. The molecule has 0 radical (unpaired) electrons. The molecule has 4 nitrogen and oxygen atoms in total. The average Bonchev–Trinajstić information content (AvgIpc) is 2.57. The summed E-state index contributed by atoms with van der Waals surface area (Å²) in [5.74, 6) is 2.09. The van der Waals surface area contributed by atoms with Crippen LogP contribution in [0.3, 0.4) is 0 Å². The summed E-state index contributed by atoms with van der Waals surface area (Å²) in [5, 5.41) is 0. The van der Waals surface area contributed by atoms with Crippen LogP contribution in [-0.4, -0.2) is 32.7 Å². The first kappa shape index (κ1) is 25.0. The van der Waals surface area contributed by atoms with E-state index in [1.807, 2.05) is 0 Å². The molecule has 148 valence electrons. The standard InChI is InChI=1S/C20H33NO3S2/c1-16(2)19(23)12-8-6-10-14-25-21(18(5)22)26-15-11-7-9-13-20(24)17(3)4/h1,3,6-15H2,2,4-5H3. The molecule has 0 atom stereocenters. The summed E-state index contributed by atoms with van der Waals surface area (Å²) < 4.78 is 1.75. The first-order chi connectivity index (χ1) is 12.3. The lowest BCUT2D eigenvalue weighted by Crippen LogP contribution is -2.14. The van der Waals surface area contributed by atoms with Crippen LogP contribution in [0.4, 0.5) is 0 Å². The number of carbonyl (C=O) groups is 3. The van der Waals surface area contributed by atoms with Gasteiger partial charge in [-0.3, -0.25) is 14.4 Å². The molecule has 0 bridgehead atoms. The number of amides is 1. The molecule has 0 aromatic heterocycles. The highest BCUT2D eigenvalue weighted by Crippen LogP contribution is 2.24. The van der Waals surface area contributed by atoms with Gasteiger partial charge in [-0.1, -0.05) is 26.0 Å². The van der Waals surface area contributed by atoms with Crippen LogP contribution in [0.15, 0.2) is 24.3 Å². The van der Waals surface area contributed by atoms with E-state index < -0.39 is 0 Å². The number of nitrogens with zero attached hydrogens (tertiary/aromatic N) is 1. The van der Waals surface area contributed by atoms with Crippen molar-refractivity contribution >= 4 is 41.4 Å². The largest absolute Gasteiger partial charge is 0.295 e. The zero-order chi connectivity index (χ0) is 19.9. The third-order valence-corrected chi connectivity index (χ3v) is 6.28. The molecule has 0 aliphatic carbocycles. The second-order valence-electron chi connectivity index (χ2n) is 6.47. The molecule has 0 N–H and O–H groups in total. The van der Waals surface area contributed by atoms with E-state index in [4.69, 9.17) is 0 Å². The van der Waals surface area contributed by atoms with Crippen LogP contribution in [0.2, 0.25) is 0 Å². The molecule has 0 heterocycles. The second kappa shape index (κ2) is 15.1. The van der Waals surface area contributed by atoms with Crippen LogP contribution in [-0.2, 0) is 14.4 Å². The third-order valence-electron chi connectivity index (χ3n) is 3.72. The van der Waals surface area contributed by atoms with Crippen LogP contribution in [0, 0.1) is 0 Å². The van der Waals surface area contributed by atoms with Crippen LogP contribution in [0.25, 0.3) is 0 Å². The van der Waals surface area contributed by atoms with E-state index in [1.165, 1.54) is 0 Å². The van der Waals surface area contributed by atoms with Gasteiger partial charge in [-0.25, -0.2) is 3.71 Å². The van der Waals surface area contributed by atoms with Crippen molar-refractivity contribution in [2.75, 3.05) is 11.5 Å². The van der Waals surface area contributed by atoms with Crippen molar-refractivity contribution in [2.24, 2.45) is 0 Å². The maximum Gasteiger partial charge on any atom is 0.239 e. The van der Waals surface area contributed by atoms with E-state index in [9.17, 15) is 14.4 Å². The van der Waals surface area contributed by atoms with Gasteiger partial charge in [-0.05, 0) is 74.6 Å². The van der Waals surface area contributed by atoms with Gasteiger partial charge in [0, 0.05) is 31.3 Å². The van der Waals surface area contributed by atoms with Gasteiger partial charge >= 0.3 is 0 Å². The van der Waals surface area contributed by atoms with Crippen molar-refractivity contribution in [1.29, 1.82) is 0 Å². The lowest BCUT2D eigenvalue weighted by Gasteiger charge is -2.17. The van der Waals surface area contributed by atoms with E-state index in [1.54, 1.807) is 48.4 Å². The molecule has 1 amide bonds. The quantitative estimate of drug-likeness (QED) is 0.194. The van der Waals surface area contributed by atoms with E-state index in [-0.39, 0.29) is 17.5 Å². The molecule has 0 saturated carbocycles. The number of hydrogen-bond acceptors (Lipinski definition) is 5. The minimum absolute atomic E-state index is 0.0509. The fraction of sp³-hybridized carbons (Fsp3) is 0.650. The Hall–Kier alpha value is -1.01. The Morgan fingerprint density at radius 2 is 1.08 bits per heavy atom. The van der Waals surface area contributed by atoms with Gasteiger partial charge in [0.1, 0.15) is 0 Å². The number of carbonyl (C=O) groups excluding carboxylic acids is 3. The van der Waals surface area contributed by atoms with Crippen LogP contribution >= 0.6 is 23.9 Å². The molecular formula is C20H33NO3S2. The van der Waals surface area contributed by atoms with E-state index >= 15 is 0 Å².